The van der Waals surface area contributed by atoms with Crippen LogP contribution in [0, 0.1) is 0 Å². The van der Waals surface area contributed by atoms with E-state index >= 15 is 0 Å². The van der Waals surface area contributed by atoms with Crippen LogP contribution in [-0.2, 0) is 6.42 Å². The summed E-state index contributed by atoms with van der Waals surface area (Å²) in [5, 5.41) is 6.31. The molecular formula is C9H10N6O2. The van der Waals surface area contributed by atoms with Crippen LogP contribution in [0.2, 0.25) is 0 Å². The lowest BCUT2D eigenvalue weighted by Gasteiger charge is -2.05. The third-order valence-corrected chi connectivity index (χ3v) is 2.12. The summed E-state index contributed by atoms with van der Waals surface area (Å²) in [7, 11) is 0. The lowest BCUT2D eigenvalue weighted by Crippen LogP contribution is -2.19. The number of azide groups is 1. The Bertz CT molecular complexity index is 560. The van der Waals surface area contributed by atoms with Gasteiger partial charge < -0.3 is 9.73 Å². The van der Waals surface area contributed by atoms with E-state index in [0.29, 0.717) is 24.5 Å². The van der Waals surface area contributed by atoms with Crippen LogP contribution in [0.4, 0.5) is 0 Å². The van der Waals surface area contributed by atoms with E-state index in [4.69, 9.17) is 9.95 Å². The number of oxazole rings is 1. The summed E-state index contributed by atoms with van der Waals surface area (Å²) >= 11 is 0. The van der Waals surface area contributed by atoms with Crippen LogP contribution in [0.15, 0.2) is 31.7 Å². The van der Waals surface area contributed by atoms with E-state index in [-0.39, 0.29) is 6.54 Å². The van der Waals surface area contributed by atoms with Crippen molar-refractivity contribution in [3.63, 3.8) is 0 Å². The largest absolute Gasteiger partial charge is 0.425 e. The van der Waals surface area contributed by atoms with Gasteiger partial charge in [0.2, 0.25) is 0 Å². The molecule has 0 saturated heterocycles. The molecule has 17 heavy (non-hydrogen) atoms. The predicted octanol–water partition coefficient (Wildman–Crippen LogP) is 0.724. The summed E-state index contributed by atoms with van der Waals surface area (Å²) in [5.74, 6) is 0.428. The van der Waals surface area contributed by atoms with E-state index in [1.165, 1.54) is 4.57 Å². The SMILES string of the molecule is [N-]=[N+]=NCCc1cn(C2=CNCC=N2)c(=O)o1. The van der Waals surface area contributed by atoms with Crippen molar-refractivity contribution in [3.8, 4) is 0 Å². The van der Waals surface area contributed by atoms with Gasteiger partial charge in [0.1, 0.15) is 5.76 Å². The molecule has 1 aliphatic heterocycles. The van der Waals surface area contributed by atoms with Gasteiger partial charge >= 0.3 is 5.76 Å². The molecule has 0 atom stereocenters. The molecule has 8 heteroatoms. The Balaban J connectivity index is 2.18. The van der Waals surface area contributed by atoms with Crippen molar-refractivity contribution in [1.82, 2.24) is 9.88 Å². The summed E-state index contributed by atoms with van der Waals surface area (Å²) in [6.07, 6.45) is 5.23. The second-order valence-corrected chi connectivity index (χ2v) is 3.26. The van der Waals surface area contributed by atoms with Crippen molar-refractivity contribution >= 4 is 12.0 Å². The van der Waals surface area contributed by atoms with Crippen LogP contribution >= 0.6 is 0 Å². The summed E-state index contributed by atoms with van der Waals surface area (Å²) in [5.41, 5.74) is 8.13. The Kier molecular flexibility index (Phi) is 3.27. The maximum absolute atomic E-state index is 11.5. The fourth-order valence-electron chi connectivity index (χ4n) is 1.38. The molecule has 0 amide bonds. The van der Waals surface area contributed by atoms with Gasteiger partial charge in [-0.15, -0.1) is 0 Å². The second kappa shape index (κ2) is 5.04. The Morgan fingerprint density at radius 3 is 3.29 bits per heavy atom. The molecule has 1 aliphatic rings. The highest BCUT2D eigenvalue weighted by Crippen LogP contribution is 2.07. The van der Waals surface area contributed by atoms with E-state index in [2.05, 4.69) is 20.3 Å². The second-order valence-electron chi connectivity index (χ2n) is 3.26. The van der Waals surface area contributed by atoms with Gasteiger partial charge in [-0.3, -0.25) is 0 Å². The van der Waals surface area contributed by atoms with Crippen LogP contribution in [0.3, 0.4) is 0 Å². The van der Waals surface area contributed by atoms with Crippen molar-refractivity contribution in [3.05, 3.63) is 39.2 Å². The predicted molar refractivity (Wildman–Crippen MR) is 61.5 cm³/mol. The quantitative estimate of drug-likeness (QED) is 0.471. The number of nitrogens with one attached hydrogen (secondary N) is 1. The minimum absolute atomic E-state index is 0.254. The number of hydrogen-bond acceptors (Lipinski definition) is 5. The number of aromatic nitrogens is 1. The van der Waals surface area contributed by atoms with E-state index in [9.17, 15) is 4.79 Å². The highest BCUT2D eigenvalue weighted by Gasteiger charge is 2.09. The highest BCUT2D eigenvalue weighted by molar-refractivity contribution is 5.69. The first-order valence-electron chi connectivity index (χ1n) is 5.00. The minimum atomic E-state index is -0.506. The van der Waals surface area contributed by atoms with Crippen molar-refractivity contribution in [1.29, 1.82) is 0 Å². The molecule has 1 N–H and O–H groups in total. The third kappa shape index (κ3) is 2.56. The Labute approximate surface area is 95.9 Å². The van der Waals surface area contributed by atoms with Crippen molar-refractivity contribution in [2.75, 3.05) is 13.1 Å². The molecule has 88 valence electrons. The fraction of sp³-hybridized carbons (Fsp3) is 0.333. The van der Waals surface area contributed by atoms with Crippen LogP contribution in [0.25, 0.3) is 16.3 Å². The van der Waals surface area contributed by atoms with Crippen LogP contribution in [-0.4, -0.2) is 23.9 Å². The van der Waals surface area contributed by atoms with Gasteiger partial charge in [-0.2, -0.15) is 0 Å². The van der Waals surface area contributed by atoms with E-state index in [0.717, 1.165) is 0 Å². The van der Waals surface area contributed by atoms with Crippen LogP contribution in [0.5, 0.6) is 0 Å². The molecule has 1 aromatic heterocycles. The summed E-state index contributed by atoms with van der Waals surface area (Å²) in [4.78, 5) is 18.2. The number of hydrogen-bond donors (Lipinski definition) is 1. The van der Waals surface area contributed by atoms with Crippen LogP contribution < -0.4 is 11.1 Å². The fourth-order valence-corrected chi connectivity index (χ4v) is 1.38. The van der Waals surface area contributed by atoms with Crippen molar-refractivity contribution in [2.24, 2.45) is 10.1 Å². The zero-order chi connectivity index (χ0) is 12.1. The van der Waals surface area contributed by atoms with Gasteiger partial charge in [-0.25, -0.2) is 14.4 Å². The normalized spacial score (nSPS) is 13.8. The Morgan fingerprint density at radius 2 is 2.59 bits per heavy atom. The van der Waals surface area contributed by atoms with Gasteiger partial charge in [0, 0.05) is 36.8 Å². The highest BCUT2D eigenvalue weighted by atomic mass is 16.4. The molecule has 2 rings (SSSR count). The van der Waals surface area contributed by atoms with Gasteiger partial charge in [-0.1, -0.05) is 5.11 Å². The average molecular weight is 234 g/mol. The maximum atomic E-state index is 11.5. The van der Waals surface area contributed by atoms with Gasteiger partial charge in [0.15, 0.2) is 5.82 Å². The smallest absolute Gasteiger partial charge is 0.413 e. The molecule has 8 nitrogen and oxygen atoms in total. The first kappa shape index (κ1) is 11.0. The summed E-state index contributed by atoms with van der Waals surface area (Å²) in [6.45, 7) is 0.893. The van der Waals surface area contributed by atoms with Crippen molar-refractivity contribution < 1.29 is 4.42 Å². The molecule has 0 saturated carbocycles. The first-order valence-corrected chi connectivity index (χ1v) is 5.00. The standard InChI is InChI=1S/C9H10N6O2/c10-14-13-2-1-7-6-15(9(16)17-7)8-5-11-3-4-12-8/h4-6,11H,1-3H2. The van der Waals surface area contributed by atoms with Crippen molar-refractivity contribution in [2.45, 2.75) is 6.42 Å². The zero-order valence-corrected chi connectivity index (χ0v) is 8.91. The molecule has 0 aliphatic carbocycles. The van der Waals surface area contributed by atoms with Crippen LogP contribution in [0.1, 0.15) is 5.76 Å². The van der Waals surface area contributed by atoms with Gasteiger partial charge in [-0.05, 0) is 5.53 Å². The van der Waals surface area contributed by atoms with Gasteiger partial charge in [0.05, 0.1) is 6.20 Å². The maximum Gasteiger partial charge on any atom is 0.425 e. The van der Waals surface area contributed by atoms with E-state index in [1.54, 1.807) is 18.6 Å². The number of nitrogens with zero attached hydrogens (tertiary/aromatic N) is 5. The molecule has 0 bridgehead atoms. The van der Waals surface area contributed by atoms with E-state index in [1.807, 2.05) is 0 Å². The molecule has 2 heterocycles. The van der Waals surface area contributed by atoms with Gasteiger partial charge in [0.25, 0.3) is 0 Å². The molecule has 0 spiro atoms. The first-order chi connectivity index (χ1) is 8.31. The topological polar surface area (TPSA) is 108 Å². The molecule has 0 fully saturated rings. The molecule has 0 aromatic carbocycles. The average Bonchev–Trinajstić information content (AvgIpc) is 2.72. The number of aliphatic imine (C=N–C) groups is 1. The molecular weight excluding hydrogens is 224 g/mol. The van der Waals surface area contributed by atoms with E-state index < -0.39 is 5.76 Å². The zero-order valence-electron chi connectivity index (χ0n) is 8.91. The lowest BCUT2D eigenvalue weighted by molar-refractivity contribution is 0.463. The molecule has 0 unspecified atom stereocenters. The lowest BCUT2D eigenvalue weighted by atomic mass is 10.3. The Hall–Kier alpha value is -2.47. The molecule has 1 aromatic rings. The molecule has 0 radical (unpaired) electrons. The Morgan fingerprint density at radius 1 is 1.71 bits per heavy atom. The summed E-state index contributed by atoms with van der Waals surface area (Å²) < 4.78 is 6.30. The monoisotopic (exact) mass is 234 g/mol. The number of rotatable bonds is 4. The third-order valence-electron chi connectivity index (χ3n) is 2.12. The summed E-state index contributed by atoms with van der Waals surface area (Å²) in [6, 6.07) is 0. The minimum Gasteiger partial charge on any atom is -0.413 e.